The number of amidine groups is 1. The van der Waals surface area contributed by atoms with Gasteiger partial charge in [0.2, 0.25) is 12.1 Å². The van der Waals surface area contributed by atoms with Crippen molar-refractivity contribution in [1.82, 2.24) is 46.0 Å². The van der Waals surface area contributed by atoms with Gasteiger partial charge in [0.15, 0.2) is 0 Å². The number of nitrogens with one attached hydrogen (secondary N) is 1. The fourth-order valence-electron chi connectivity index (χ4n) is 3.67. The molecule has 1 amide bonds. The van der Waals surface area contributed by atoms with E-state index in [1.165, 1.54) is 0 Å². The number of rotatable bonds is 4. The first-order valence-electron chi connectivity index (χ1n) is 26.6. The van der Waals surface area contributed by atoms with Crippen molar-refractivity contribution in [2.24, 2.45) is 20.0 Å². The van der Waals surface area contributed by atoms with E-state index in [4.69, 9.17) is 39.4 Å². The summed E-state index contributed by atoms with van der Waals surface area (Å²) in [6, 6.07) is 25.2. The third-order valence-electron chi connectivity index (χ3n) is 6.36. The summed E-state index contributed by atoms with van der Waals surface area (Å²) in [4.78, 5) is 60.7. The number of carboxylic acid groups (broad SMARTS) is 1. The Balaban J connectivity index is -0.0000000605. The summed E-state index contributed by atoms with van der Waals surface area (Å²) < 4.78 is 20.3. The van der Waals surface area contributed by atoms with Crippen LogP contribution in [0.5, 0.6) is 0 Å². The number of thiol groups is 1. The Hall–Kier alpha value is 0.337. The zero-order chi connectivity index (χ0) is 77.3. The summed E-state index contributed by atoms with van der Waals surface area (Å²) in [5.41, 5.74) is 26.6. The minimum absolute atomic E-state index is 0. The second kappa shape index (κ2) is 110. The number of halogens is 12. The van der Waals surface area contributed by atoms with Crippen molar-refractivity contribution in [3.05, 3.63) is 176 Å². The van der Waals surface area contributed by atoms with E-state index in [9.17, 15) is 9.36 Å². The van der Waals surface area contributed by atoms with E-state index in [1.807, 2.05) is 127 Å². The zero-order valence-electron chi connectivity index (χ0n) is 56.8. The molecule has 0 spiro atoms. The van der Waals surface area contributed by atoms with E-state index in [1.54, 1.807) is 125 Å². The van der Waals surface area contributed by atoms with Crippen molar-refractivity contribution in [2.45, 2.75) is 96.9 Å². The van der Waals surface area contributed by atoms with Gasteiger partial charge in [-0.15, -0.1) is 0 Å². The molecule has 0 fully saturated rings. The first kappa shape index (κ1) is 136. The molecule has 8 aromatic heterocycles. The van der Waals surface area contributed by atoms with Crippen LogP contribution >= 0.6 is 212 Å². The van der Waals surface area contributed by atoms with Gasteiger partial charge in [0, 0.05) is 48.1 Å². The third kappa shape index (κ3) is 105. The van der Waals surface area contributed by atoms with Crippen LogP contribution in [0.25, 0.3) is 14.8 Å². The van der Waals surface area contributed by atoms with Crippen LogP contribution in [-0.4, -0.2) is 144 Å². The molecule has 0 bridgehead atoms. The summed E-state index contributed by atoms with van der Waals surface area (Å²) in [7, 11) is 4.34. The number of hydrogen-bond acceptors (Lipinski definition) is 19. The van der Waals surface area contributed by atoms with Crippen molar-refractivity contribution < 1.29 is 42.4 Å². The number of aromatic nitrogens is 8. The Bertz CT molecular complexity index is 3170. The van der Waals surface area contributed by atoms with Gasteiger partial charge in [-0.05, 0) is 118 Å². The van der Waals surface area contributed by atoms with Gasteiger partial charge in [-0.1, -0.05) is 109 Å². The quantitative estimate of drug-likeness (QED) is 0.00934. The van der Waals surface area contributed by atoms with Crippen molar-refractivity contribution in [3.63, 3.8) is 0 Å². The molecular formula is C56H85BBr5Cl3CuI4N18O5PSSe4V-. The topological polar surface area (TPSA) is 399 Å². The molecule has 0 saturated carbocycles. The molecule has 44 heteroatoms. The number of carbonyl (C=O) groups is 2. The monoisotopic (exact) mass is 2600 g/mol. The molecule has 100 heavy (non-hydrogen) atoms. The second-order valence-corrected chi connectivity index (χ2v) is 61.0. The standard InChI is InChI=1S/C6H5BrN3Se.C6H5BrN2O.C6H3BrN2Se.C6H3BrN2.C6H5N3Se.C5H5BrN2.C5H6N2.7C2H6.CH2O2.CH3.BHNS.Cl3OP.Cu.4HI.H3N.H2O.Se.V/c7-5-4(10-6(8)11)2-1-3-9-5;2*7-6-5(9-4-10)2-1-3-8-6;1-8-5-3-2-4-9-6(5)7;7-6-9-4-2-1-3-8-5(4)10-6;6-5-4(7)2-1-3-8-5;6-5-2-1-3-7-4-5;7*1-2;2-1-3;;1-2-3;1-5(2,3)4;;;;;;;;;/h1-3H,(H2,8,10);1-4H,(H,9,10);1-3H;2-4H;1-3H,(H2,7,9);1-3H,7H2;1-4H,6H2;7*1-2H3;1H,(H,2,3);1H3;3H;;;4*1H;1H3;1H2;;/q;;;;;;;;;;;;;;;-1;;;+1;;;;;;;;+3/p-4. The number of pyridine rings is 7. The molecule has 0 unspecified atom stereocenters. The van der Waals surface area contributed by atoms with Crippen molar-refractivity contribution >= 4 is 354 Å². The van der Waals surface area contributed by atoms with Gasteiger partial charge in [-0.3, -0.25) is 24.1 Å². The van der Waals surface area contributed by atoms with E-state index in [0.29, 0.717) is 52.3 Å². The number of carbonyl (C=O) groups excluding carboxylic acids is 1. The van der Waals surface area contributed by atoms with Gasteiger partial charge < -0.3 is 40.9 Å². The molecule has 0 aromatic carbocycles. The molecule has 8 heterocycles. The van der Waals surface area contributed by atoms with Crippen LogP contribution in [0.2, 0.25) is 0 Å². The SMILES string of the molecule is CC.CC.CC.CC.CC.CC.CC.N.NC([Se])=Nc1cccnc1Br.Nc1cccnc1.Nc1cccnc1Br.Nc1nc2cccnc2[se]1.O.O=CNc1cccnc1Br.O=CO.O=P(Cl)(Cl)Cl.[B]=NS.[C-]#[N+]c1cccnc1Br.[CH3-].[Cu][I].[I][V]([I])[I].[Se].[Se]=C=Nc1cccnc1Br. The van der Waals surface area contributed by atoms with Crippen molar-refractivity contribution in [2.75, 3.05) is 22.5 Å². The van der Waals surface area contributed by atoms with Crippen LogP contribution in [0.15, 0.2) is 172 Å². The average molecular weight is 2610 g/mol. The summed E-state index contributed by atoms with van der Waals surface area (Å²) in [5.74, 6) is 0. The third-order valence-corrected chi connectivity index (χ3v) is 11.6. The summed E-state index contributed by atoms with van der Waals surface area (Å²) >= 11 is 51.6. The van der Waals surface area contributed by atoms with Gasteiger partial charge in [0.25, 0.3) is 6.47 Å². The molecule has 0 atom stereocenters. The summed E-state index contributed by atoms with van der Waals surface area (Å²) in [6.07, 6.45) is 14.0. The Labute approximate surface area is 746 Å². The number of anilines is 4. The maximum absolute atomic E-state index is 9.97. The number of hydrogen-bond donors (Lipinski definition) is 8. The number of amides is 1. The molecule has 15 N–H and O–H groups in total. The van der Waals surface area contributed by atoms with Gasteiger partial charge in [-0.25, -0.2) is 14.8 Å². The molecule has 8 rings (SSSR count). The first-order valence-corrected chi connectivity index (χ1v) is 55.4. The fourth-order valence-corrected chi connectivity index (χ4v) is 7.13. The number of nitrogens with zero attached hydrogens (tertiary/aromatic N) is 12. The normalized spacial score (nSPS) is 7.82. The fraction of sp³-hybridized carbons (Fsp3) is 0.250. The molecule has 8 aromatic rings. The van der Waals surface area contributed by atoms with Gasteiger partial charge in [-0.2, -0.15) is 0 Å². The minimum atomic E-state index is -3.22. The van der Waals surface area contributed by atoms with E-state index < -0.39 is 5.20 Å². The molecule has 4 radical (unpaired) electrons. The van der Waals surface area contributed by atoms with Crippen LogP contribution in [-0.2, 0) is 31.8 Å². The second-order valence-electron chi connectivity index (χ2n) is 11.7. The molecule has 0 aliphatic carbocycles. The van der Waals surface area contributed by atoms with Crippen LogP contribution in [0.3, 0.4) is 0 Å². The number of nitrogen functional groups attached to an aromatic ring is 3. The number of aliphatic imine (C=N–C) groups is 2. The Morgan fingerprint density at radius 2 is 1.06 bits per heavy atom. The van der Waals surface area contributed by atoms with Crippen LogP contribution in [0.4, 0.5) is 38.8 Å². The van der Waals surface area contributed by atoms with E-state index >= 15 is 0 Å². The average Bonchev–Trinajstić information content (AvgIpc) is 1.71. The molecule has 568 valence electrons. The molecule has 0 aliphatic heterocycles. The maximum atomic E-state index is 9.97. The van der Waals surface area contributed by atoms with Crippen LogP contribution < -0.4 is 34.4 Å². The Kier molecular flexibility index (Phi) is 150. The van der Waals surface area contributed by atoms with Gasteiger partial charge >= 0.3 is 347 Å². The molecular weight excluding hydrogens is 2520 g/mol. The number of nitrogens with two attached hydrogens (primary N) is 4. The summed E-state index contributed by atoms with van der Waals surface area (Å²) in [5, 5.41) is 6.15. The van der Waals surface area contributed by atoms with E-state index in [-0.39, 0.29) is 62.0 Å². The van der Waals surface area contributed by atoms with Crippen molar-refractivity contribution in [3.8, 4) is 0 Å². The van der Waals surface area contributed by atoms with Gasteiger partial charge in [0.05, 0.1) is 23.6 Å². The van der Waals surface area contributed by atoms with Gasteiger partial charge in [0.1, 0.15) is 13.8 Å². The Morgan fingerprint density at radius 1 is 0.710 bits per heavy atom. The molecule has 0 aliphatic rings. The van der Waals surface area contributed by atoms with Crippen LogP contribution in [0, 0.1) is 14.0 Å². The molecule has 23 nitrogen and oxygen atoms in total. The van der Waals surface area contributed by atoms with E-state index in [2.05, 4.69) is 307 Å². The predicted octanol–water partition coefficient (Wildman–Crippen LogP) is 21.5. The predicted molar refractivity (Wildman–Crippen MR) is 487 cm³/mol. The van der Waals surface area contributed by atoms with Crippen molar-refractivity contribution in [1.29, 1.82) is 0 Å². The molecule has 0 saturated heterocycles. The number of fused-ring (bicyclic) bond motifs is 1. The van der Waals surface area contributed by atoms with Crippen LogP contribution in [0.1, 0.15) is 96.9 Å². The first-order chi connectivity index (χ1) is 45.8. The van der Waals surface area contributed by atoms with E-state index in [0.717, 1.165) is 30.6 Å². The zero-order valence-corrected chi connectivity index (χ0v) is 86.6. The Morgan fingerprint density at radius 3 is 1.35 bits per heavy atom. The summed E-state index contributed by atoms with van der Waals surface area (Å²) in [6.45, 7) is 34.4.